The van der Waals surface area contributed by atoms with Crippen LogP contribution in [0.5, 0.6) is 0 Å². The largest absolute Gasteiger partial charge is 0.376 e. The summed E-state index contributed by atoms with van der Waals surface area (Å²) >= 11 is 6.17. The van der Waals surface area contributed by atoms with E-state index in [4.69, 9.17) is 21.1 Å². The SMILES string of the molecule is CC(C)OC1CCC(c2nnc3n2-c2ccc(Cl)cc2COC3)CC1. The van der Waals surface area contributed by atoms with Crippen LogP contribution in [-0.4, -0.2) is 27.0 Å². The summed E-state index contributed by atoms with van der Waals surface area (Å²) in [6.45, 7) is 5.23. The molecule has 134 valence electrons. The molecule has 1 fully saturated rings. The molecule has 0 atom stereocenters. The Hall–Kier alpha value is -1.43. The third-order valence-electron chi connectivity index (χ3n) is 5.03. The molecule has 1 aromatic heterocycles. The lowest BCUT2D eigenvalue weighted by molar-refractivity contribution is -0.0151. The van der Waals surface area contributed by atoms with E-state index in [1.807, 2.05) is 12.1 Å². The number of ether oxygens (including phenoxy) is 2. The van der Waals surface area contributed by atoms with Crippen molar-refractivity contribution in [3.05, 3.63) is 40.4 Å². The highest BCUT2D eigenvalue weighted by Crippen LogP contribution is 2.36. The van der Waals surface area contributed by atoms with Crippen LogP contribution in [0.1, 0.15) is 62.7 Å². The van der Waals surface area contributed by atoms with Gasteiger partial charge in [-0.3, -0.25) is 4.57 Å². The fraction of sp³-hybridized carbons (Fsp3) is 0.579. The molecule has 0 amide bonds. The molecule has 4 rings (SSSR count). The molecule has 0 saturated heterocycles. The molecule has 6 heteroatoms. The topological polar surface area (TPSA) is 49.2 Å². The third kappa shape index (κ3) is 3.46. The van der Waals surface area contributed by atoms with E-state index in [0.29, 0.717) is 31.3 Å². The summed E-state index contributed by atoms with van der Waals surface area (Å²) in [6.07, 6.45) is 4.99. The minimum Gasteiger partial charge on any atom is -0.376 e. The van der Waals surface area contributed by atoms with Crippen molar-refractivity contribution in [3.8, 4) is 5.69 Å². The van der Waals surface area contributed by atoms with Crippen molar-refractivity contribution in [1.29, 1.82) is 0 Å². The van der Waals surface area contributed by atoms with Gasteiger partial charge in [0.15, 0.2) is 5.82 Å². The summed E-state index contributed by atoms with van der Waals surface area (Å²) in [5.74, 6) is 2.33. The Morgan fingerprint density at radius 3 is 2.72 bits per heavy atom. The van der Waals surface area contributed by atoms with Crippen LogP contribution >= 0.6 is 11.6 Å². The van der Waals surface area contributed by atoms with Crippen molar-refractivity contribution in [1.82, 2.24) is 14.8 Å². The Balaban J connectivity index is 1.62. The molecule has 0 spiro atoms. The Labute approximate surface area is 153 Å². The molecule has 1 aromatic carbocycles. The van der Waals surface area contributed by atoms with Gasteiger partial charge in [0.1, 0.15) is 12.4 Å². The van der Waals surface area contributed by atoms with Gasteiger partial charge < -0.3 is 9.47 Å². The van der Waals surface area contributed by atoms with E-state index >= 15 is 0 Å². The zero-order chi connectivity index (χ0) is 17.4. The molecule has 2 aromatic rings. The van der Waals surface area contributed by atoms with Gasteiger partial charge in [-0.2, -0.15) is 0 Å². The summed E-state index contributed by atoms with van der Waals surface area (Å²) in [5.41, 5.74) is 2.18. The zero-order valence-electron chi connectivity index (χ0n) is 14.7. The number of fused-ring (bicyclic) bond motifs is 3. The van der Waals surface area contributed by atoms with E-state index in [1.54, 1.807) is 0 Å². The highest BCUT2D eigenvalue weighted by Gasteiger charge is 2.30. The van der Waals surface area contributed by atoms with Crippen LogP contribution in [0.15, 0.2) is 18.2 Å². The Bertz CT molecular complexity index is 751. The van der Waals surface area contributed by atoms with Gasteiger partial charge in [-0.15, -0.1) is 10.2 Å². The fourth-order valence-corrected chi connectivity index (χ4v) is 4.13. The Morgan fingerprint density at radius 2 is 1.96 bits per heavy atom. The van der Waals surface area contributed by atoms with Gasteiger partial charge in [-0.05, 0) is 57.7 Å². The van der Waals surface area contributed by atoms with Crippen molar-refractivity contribution in [2.24, 2.45) is 0 Å². The standard InChI is InChI=1S/C19H24ClN3O2/c1-12(2)25-16-6-3-13(4-7-16)19-22-21-18-11-24-10-14-9-15(20)5-8-17(14)23(18)19/h5,8-9,12-13,16H,3-4,6-7,10-11H2,1-2H3. The molecule has 0 bridgehead atoms. The summed E-state index contributed by atoms with van der Waals surface area (Å²) in [6, 6.07) is 5.95. The molecule has 1 aliphatic heterocycles. The van der Waals surface area contributed by atoms with Crippen LogP contribution in [0.2, 0.25) is 5.02 Å². The summed E-state index contributed by atoms with van der Waals surface area (Å²) in [4.78, 5) is 0. The predicted octanol–water partition coefficient (Wildman–Crippen LogP) is 4.40. The van der Waals surface area contributed by atoms with Crippen molar-refractivity contribution in [2.45, 2.75) is 70.9 Å². The van der Waals surface area contributed by atoms with E-state index < -0.39 is 0 Å². The van der Waals surface area contributed by atoms with Gasteiger partial charge in [-0.25, -0.2) is 0 Å². The fourth-order valence-electron chi connectivity index (χ4n) is 3.93. The summed E-state index contributed by atoms with van der Waals surface area (Å²) in [7, 11) is 0. The van der Waals surface area contributed by atoms with E-state index in [2.05, 4.69) is 34.7 Å². The van der Waals surface area contributed by atoms with Gasteiger partial charge in [0.25, 0.3) is 0 Å². The molecule has 25 heavy (non-hydrogen) atoms. The number of hydrogen-bond acceptors (Lipinski definition) is 4. The van der Waals surface area contributed by atoms with Gasteiger partial charge in [0.2, 0.25) is 0 Å². The van der Waals surface area contributed by atoms with Gasteiger partial charge in [-0.1, -0.05) is 11.6 Å². The Kier molecular flexibility index (Phi) is 4.80. The maximum Gasteiger partial charge on any atom is 0.163 e. The summed E-state index contributed by atoms with van der Waals surface area (Å²) in [5, 5.41) is 9.66. The van der Waals surface area contributed by atoms with Crippen molar-refractivity contribution in [2.75, 3.05) is 0 Å². The van der Waals surface area contributed by atoms with Crippen molar-refractivity contribution in [3.63, 3.8) is 0 Å². The minimum absolute atomic E-state index is 0.291. The molecule has 0 radical (unpaired) electrons. The lowest BCUT2D eigenvalue weighted by atomic mass is 9.86. The second-order valence-electron chi connectivity index (χ2n) is 7.23. The third-order valence-corrected chi connectivity index (χ3v) is 5.27. The second kappa shape index (κ2) is 7.06. The van der Waals surface area contributed by atoms with Gasteiger partial charge >= 0.3 is 0 Å². The van der Waals surface area contributed by atoms with Crippen LogP contribution in [-0.2, 0) is 22.7 Å². The van der Waals surface area contributed by atoms with Crippen LogP contribution < -0.4 is 0 Å². The first kappa shape index (κ1) is 17.0. The molecule has 0 unspecified atom stereocenters. The average molecular weight is 362 g/mol. The van der Waals surface area contributed by atoms with Gasteiger partial charge in [0, 0.05) is 16.5 Å². The molecular formula is C19H24ClN3O2. The highest BCUT2D eigenvalue weighted by molar-refractivity contribution is 6.30. The van der Waals surface area contributed by atoms with E-state index in [9.17, 15) is 0 Å². The second-order valence-corrected chi connectivity index (χ2v) is 7.67. The molecular weight excluding hydrogens is 338 g/mol. The molecule has 0 N–H and O–H groups in total. The Morgan fingerprint density at radius 1 is 1.16 bits per heavy atom. The number of hydrogen-bond donors (Lipinski definition) is 0. The first-order chi connectivity index (χ1) is 12.1. The van der Waals surface area contributed by atoms with Gasteiger partial charge in [0.05, 0.1) is 24.5 Å². The lowest BCUT2D eigenvalue weighted by Gasteiger charge is -2.29. The number of rotatable bonds is 3. The quantitative estimate of drug-likeness (QED) is 0.812. The number of benzene rings is 1. The van der Waals surface area contributed by atoms with E-state index in [0.717, 1.165) is 53.6 Å². The smallest absolute Gasteiger partial charge is 0.163 e. The molecule has 1 saturated carbocycles. The van der Waals surface area contributed by atoms with Crippen molar-refractivity contribution < 1.29 is 9.47 Å². The number of aromatic nitrogens is 3. The monoisotopic (exact) mass is 361 g/mol. The molecule has 2 heterocycles. The van der Waals surface area contributed by atoms with Crippen LogP contribution in [0.25, 0.3) is 5.69 Å². The average Bonchev–Trinajstić information content (AvgIpc) is 2.91. The molecule has 1 aliphatic carbocycles. The number of halogens is 1. The molecule has 2 aliphatic rings. The zero-order valence-corrected chi connectivity index (χ0v) is 15.5. The van der Waals surface area contributed by atoms with Crippen LogP contribution in [0.4, 0.5) is 0 Å². The van der Waals surface area contributed by atoms with E-state index in [-0.39, 0.29) is 0 Å². The van der Waals surface area contributed by atoms with Crippen LogP contribution in [0.3, 0.4) is 0 Å². The first-order valence-corrected chi connectivity index (χ1v) is 9.46. The molecule has 5 nitrogen and oxygen atoms in total. The number of nitrogens with zero attached hydrogens (tertiary/aromatic N) is 3. The highest BCUT2D eigenvalue weighted by atomic mass is 35.5. The lowest BCUT2D eigenvalue weighted by Crippen LogP contribution is -2.25. The van der Waals surface area contributed by atoms with Crippen molar-refractivity contribution >= 4 is 11.6 Å². The minimum atomic E-state index is 0.291. The predicted molar refractivity (Wildman–Crippen MR) is 96.1 cm³/mol. The first-order valence-electron chi connectivity index (χ1n) is 9.08. The summed E-state index contributed by atoms with van der Waals surface area (Å²) < 4.78 is 13.9. The maximum absolute atomic E-state index is 6.17. The normalized spacial score (nSPS) is 23.2. The maximum atomic E-state index is 6.17. The van der Waals surface area contributed by atoms with Crippen LogP contribution in [0, 0.1) is 0 Å². The van der Waals surface area contributed by atoms with E-state index in [1.165, 1.54) is 0 Å².